The highest BCUT2D eigenvalue weighted by atomic mass is 16.4. The standard InChI is InChI=1S/C21H20N2O3/c1-4-17-18(9-7-15-11-13(2)5-6-14(15)3)22-19-10-8-16(21(25)26)12-23(19)20(17)24/h5-12H,4H2,1-3H3,(H,25,26)/b9-7+. The number of carboxylic acid groups (broad SMARTS) is 1. The van der Waals surface area contributed by atoms with Gasteiger partial charge in [-0.15, -0.1) is 0 Å². The van der Waals surface area contributed by atoms with Crippen LogP contribution in [0.15, 0.2) is 41.3 Å². The maximum Gasteiger partial charge on any atom is 0.337 e. The molecule has 0 fully saturated rings. The summed E-state index contributed by atoms with van der Waals surface area (Å²) in [6.45, 7) is 5.96. The van der Waals surface area contributed by atoms with Crippen molar-refractivity contribution in [2.45, 2.75) is 27.2 Å². The van der Waals surface area contributed by atoms with Crippen LogP contribution in [0.3, 0.4) is 0 Å². The van der Waals surface area contributed by atoms with Crippen molar-refractivity contribution in [1.82, 2.24) is 9.38 Å². The third-order valence-corrected chi connectivity index (χ3v) is 4.40. The molecule has 0 spiro atoms. The molecule has 3 aromatic rings. The third-order valence-electron chi connectivity index (χ3n) is 4.40. The van der Waals surface area contributed by atoms with Crippen molar-refractivity contribution in [2.24, 2.45) is 0 Å². The number of fused-ring (bicyclic) bond motifs is 1. The van der Waals surface area contributed by atoms with E-state index in [1.54, 1.807) is 6.07 Å². The van der Waals surface area contributed by atoms with Gasteiger partial charge in [0.05, 0.1) is 11.3 Å². The second-order valence-electron chi connectivity index (χ2n) is 6.28. The van der Waals surface area contributed by atoms with Crippen molar-refractivity contribution in [1.29, 1.82) is 0 Å². The Morgan fingerprint density at radius 2 is 1.96 bits per heavy atom. The van der Waals surface area contributed by atoms with E-state index in [0.717, 1.165) is 11.1 Å². The molecule has 0 aliphatic heterocycles. The van der Waals surface area contributed by atoms with Crippen LogP contribution in [0.25, 0.3) is 17.8 Å². The van der Waals surface area contributed by atoms with Gasteiger partial charge in [-0.05, 0) is 49.6 Å². The van der Waals surface area contributed by atoms with Gasteiger partial charge in [-0.2, -0.15) is 0 Å². The minimum Gasteiger partial charge on any atom is -0.478 e. The Morgan fingerprint density at radius 1 is 1.19 bits per heavy atom. The summed E-state index contributed by atoms with van der Waals surface area (Å²) in [5.41, 5.74) is 4.82. The predicted octanol–water partition coefficient (Wildman–Crippen LogP) is 3.74. The first-order chi connectivity index (χ1) is 12.4. The average Bonchev–Trinajstić information content (AvgIpc) is 2.62. The van der Waals surface area contributed by atoms with Crippen molar-refractivity contribution >= 4 is 23.8 Å². The Hall–Kier alpha value is -3.21. The molecule has 0 amide bonds. The molecule has 0 saturated carbocycles. The Kier molecular flexibility index (Phi) is 4.71. The van der Waals surface area contributed by atoms with Crippen LogP contribution < -0.4 is 5.56 Å². The molecule has 132 valence electrons. The van der Waals surface area contributed by atoms with Crippen LogP contribution in [0.2, 0.25) is 0 Å². The van der Waals surface area contributed by atoms with E-state index in [2.05, 4.69) is 23.2 Å². The summed E-state index contributed by atoms with van der Waals surface area (Å²) in [5.74, 6) is -1.07. The summed E-state index contributed by atoms with van der Waals surface area (Å²) in [6.07, 6.45) is 5.65. The molecular weight excluding hydrogens is 328 g/mol. The molecule has 5 heteroatoms. The number of aromatic carboxylic acids is 1. The lowest BCUT2D eigenvalue weighted by Gasteiger charge is -2.08. The molecule has 26 heavy (non-hydrogen) atoms. The number of aryl methyl sites for hydroxylation is 2. The predicted molar refractivity (Wildman–Crippen MR) is 103 cm³/mol. The number of benzene rings is 1. The lowest BCUT2D eigenvalue weighted by molar-refractivity contribution is 0.0696. The normalized spacial score (nSPS) is 11.3. The summed E-state index contributed by atoms with van der Waals surface area (Å²) in [4.78, 5) is 28.5. The summed E-state index contributed by atoms with van der Waals surface area (Å²) < 4.78 is 1.30. The minimum atomic E-state index is -1.07. The van der Waals surface area contributed by atoms with Gasteiger partial charge in [-0.1, -0.05) is 36.8 Å². The molecule has 2 aromatic heterocycles. The number of pyridine rings is 1. The first kappa shape index (κ1) is 17.6. The van der Waals surface area contributed by atoms with Crippen LogP contribution >= 0.6 is 0 Å². The zero-order chi connectivity index (χ0) is 18.8. The molecule has 0 bridgehead atoms. The fraction of sp³-hybridized carbons (Fsp3) is 0.190. The van der Waals surface area contributed by atoms with E-state index in [9.17, 15) is 9.59 Å². The van der Waals surface area contributed by atoms with Gasteiger partial charge in [0, 0.05) is 11.8 Å². The van der Waals surface area contributed by atoms with Gasteiger partial charge in [-0.25, -0.2) is 9.78 Å². The van der Waals surface area contributed by atoms with E-state index in [0.29, 0.717) is 23.3 Å². The maximum atomic E-state index is 12.8. The topological polar surface area (TPSA) is 71.7 Å². The van der Waals surface area contributed by atoms with Gasteiger partial charge in [0.15, 0.2) is 0 Å². The van der Waals surface area contributed by atoms with Crippen molar-refractivity contribution in [3.8, 4) is 0 Å². The smallest absolute Gasteiger partial charge is 0.337 e. The quantitative estimate of drug-likeness (QED) is 0.779. The lowest BCUT2D eigenvalue weighted by atomic mass is 10.0. The summed E-state index contributed by atoms with van der Waals surface area (Å²) in [5, 5.41) is 9.13. The first-order valence-corrected chi connectivity index (χ1v) is 8.44. The van der Waals surface area contributed by atoms with E-state index < -0.39 is 5.97 Å². The van der Waals surface area contributed by atoms with Crippen LogP contribution in [0, 0.1) is 13.8 Å². The number of hydrogen-bond acceptors (Lipinski definition) is 3. The molecule has 5 nitrogen and oxygen atoms in total. The number of hydrogen-bond donors (Lipinski definition) is 1. The van der Waals surface area contributed by atoms with Gasteiger partial charge in [0.1, 0.15) is 5.65 Å². The SMILES string of the molecule is CCc1c(/C=C/c2cc(C)ccc2C)nc2ccc(C(=O)O)cn2c1=O. The van der Waals surface area contributed by atoms with Gasteiger partial charge >= 0.3 is 5.97 Å². The second-order valence-corrected chi connectivity index (χ2v) is 6.28. The first-order valence-electron chi connectivity index (χ1n) is 8.44. The molecular formula is C21H20N2O3. The number of aromatic nitrogens is 2. The summed E-state index contributed by atoms with van der Waals surface area (Å²) in [6, 6.07) is 9.22. The highest BCUT2D eigenvalue weighted by Gasteiger charge is 2.11. The highest BCUT2D eigenvalue weighted by Crippen LogP contribution is 2.16. The number of nitrogens with zero attached hydrogens (tertiary/aromatic N) is 2. The average molecular weight is 348 g/mol. The van der Waals surface area contributed by atoms with Crippen LogP contribution in [0.4, 0.5) is 0 Å². The molecule has 3 rings (SSSR count). The fourth-order valence-corrected chi connectivity index (χ4v) is 2.90. The van der Waals surface area contributed by atoms with Crippen molar-refractivity contribution < 1.29 is 9.90 Å². The molecule has 0 saturated heterocycles. The zero-order valence-corrected chi connectivity index (χ0v) is 15.0. The van der Waals surface area contributed by atoms with E-state index in [1.807, 2.05) is 32.9 Å². The van der Waals surface area contributed by atoms with E-state index >= 15 is 0 Å². The number of carbonyl (C=O) groups is 1. The number of rotatable bonds is 4. The monoisotopic (exact) mass is 348 g/mol. The Morgan fingerprint density at radius 3 is 2.65 bits per heavy atom. The molecule has 0 aliphatic rings. The van der Waals surface area contributed by atoms with E-state index in [-0.39, 0.29) is 11.1 Å². The van der Waals surface area contributed by atoms with E-state index in [4.69, 9.17) is 5.11 Å². The Balaban J connectivity index is 2.15. The third kappa shape index (κ3) is 3.28. The van der Waals surface area contributed by atoms with Crippen LogP contribution in [-0.4, -0.2) is 20.5 Å². The molecule has 1 aromatic carbocycles. The van der Waals surface area contributed by atoms with E-state index in [1.165, 1.54) is 22.2 Å². The molecule has 0 atom stereocenters. The Bertz CT molecular complexity index is 1090. The van der Waals surface area contributed by atoms with Crippen molar-refractivity contribution in [3.63, 3.8) is 0 Å². The molecule has 0 unspecified atom stereocenters. The Labute approximate surface area is 151 Å². The van der Waals surface area contributed by atoms with Crippen LogP contribution in [0.1, 0.15) is 45.2 Å². The summed E-state index contributed by atoms with van der Waals surface area (Å²) in [7, 11) is 0. The van der Waals surface area contributed by atoms with Gasteiger partial charge in [-0.3, -0.25) is 9.20 Å². The zero-order valence-electron chi connectivity index (χ0n) is 15.0. The van der Waals surface area contributed by atoms with Crippen molar-refractivity contribution in [3.05, 3.63) is 80.4 Å². The van der Waals surface area contributed by atoms with Crippen LogP contribution in [-0.2, 0) is 6.42 Å². The highest BCUT2D eigenvalue weighted by molar-refractivity contribution is 5.87. The van der Waals surface area contributed by atoms with Crippen molar-refractivity contribution in [2.75, 3.05) is 0 Å². The molecule has 0 radical (unpaired) electrons. The van der Waals surface area contributed by atoms with Gasteiger partial charge in [0.25, 0.3) is 5.56 Å². The second kappa shape index (κ2) is 6.96. The van der Waals surface area contributed by atoms with Crippen LogP contribution in [0.5, 0.6) is 0 Å². The maximum absolute atomic E-state index is 12.8. The molecule has 2 heterocycles. The summed E-state index contributed by atoms with van der Waals surface area (Å²) >= 11 is 0. The lowest BCUT2D eigenvalue weighted by Crippen LogP contribution is -2.22. The molecule has 0 aliphatic carbocycles. The number of carboxylic acids is 1. The van der Waals surface area contributed by atoms with Gasteiger partial charge in [0.2, 0.25) is 0 Å². The largest absolute Gasteiger partial charge is 0.478 e. The minimum absolute atomic E-state index is 0.0575. The fourth-order valence-electron chi connectivity index (χ4n) is 2.90. The molecule has 1 N–H and O–H groups in total. The van der Waals surface area contributed by atoms with Gasteiger partial charge < -0.3 is 5.11 Å².